The highest BCUT2D eigenvalue weighted by Gasteiger charge is 2.28. The predicted octanol–water partition coefficient (Wildman–Crippen LogP) is 0.503. The standard InChI is InChI=1S/C7H9NO2/c1-7(6(9)10)4-2-3-5-8-7/h2-5,8H,1H3,(H,9,10). The van der Waals surface area contributed by atoms with Gasteiger partial charge in [-0.05, 0) is 25.3 Å². The summed E-state index contributed by atoms with van der Waals surface area (Å²) in [7, 11) is 0. The lowest BCUT2D eigenvalue weighted by Gasteiger charge is -2.22. The second-order valence-electron chi connectivity index (χ2n) is 2.37. The third-order valence-electron chi connectivity index (χ3n) is 1.46. The minimum absolute atomic E-state index is 0.868. The van der Waals surface area contributed by atoms with E-state index in [0.29, 0.717) is 0 Å². The van der Waals surface area contributed by atoms with Gasteiger partial charge in [-0.3, -0.25) is 0 Å². The fraction of sp³-hybridized carbons (Fsp3) is 0.286. The second kappa shape index (κ2) is 2.17. The molecular formula is C7H9NO2. The fourth-order valence-corrected chi connectivity index (χ4v) is 0.706. The lowest BCUT2D eigenvalue weighted by atomic mass is 10.0. The number of rotatable bonds is 1. The van der Waals surface area contributed by atoms with Gasteiger partial charge in [-0.25, -0.2) is 4.79 Å². The van der Waals surface area contributed by atoms with E-state index in [4.69, 9.17) is 5.11 Å². The molecule has 0 aliphatic carbocycles. The van der Waals surface area contributed by atoms with Crippen LogP contribution in [0.1, 0.15) is 6.92 Å². The van der Waals surface area contributed by atoms with Crippen LogP contribution in [0.4, 0.5) is 0 Å². The Kier molecular flexibility index (Phi) is 1.49. The van der Waals surface area contributed by atoms with Crippen molar-refractivity contribution in [3.05, 3.63) is 24.4 Å². The molecule has 1 aliphatic heterocycles. The first kappa shape index (κ1) is 6.86. The summed E-state index contributed by atoms with van der Waals surface area (Å²) < 4.78 is 0. The fourth-order valence-electron chi connectivity index (χ4n) is 0.706. The van der Waals surface area contributed by atoms with Crippen molar-refractivity contribution in [1.82, 2.24) is 5.32 Å². The molecule has 0 fully saturated rings. The number of nitrogens with one attached hydrogen (secondary N) is 1. The summed E-state index contributed by atoms with van der Waals surface area (Å²) in [5.41, 5.74) is -0.922. The molecule has 0 saturated carbocycles. The van der Waals surface area contributed by atoms with E-state index in [2.05, 4.69) is 5.32 Å². The van der Waals surface area contributed by atoms with Gasteiger partial charge < -0.3 is 10.4 Å². The highest BCUT2D eigenvalue weighted by atomic mass is 16.4. The van der Waals surface area contributed by atoms with Crippen LogP contribution < -0.4 is 5.32 Å². The third kappa shape index (κ3) is 1.03. The summed E-state index contributed by atoms with van der Waals surface area (Å²) in [5, 5.41) is 11.4. The number of carboxylic acids is 1. The molecule has 0 saturated heterocycles. The summed E-state index contributed by atoms with van der Waals surface area (Å²) in [6, 6.07) is 0. The van der Waals surface area contributed by atoms with Gasteiger partial charge in [-0.1, -0.05) is 6.08 Å². The lowest BCUT2D eigenvalue weighted by Crippen LogP contribution is -2.45. The van der Waals surface area contributed by atoms with Crippen molar-refractivity contribution in [3.8, 4) is 0 Å². The molecular weight excluding hydrogens is 130 g/mol. The topological polar surface area (TPSA) is 49.3 Å². The molecule has 2 N–H and O–H groups in total. The Morgan fingerprint density at radius 3 is 2.60 bits per heavy atom. The maximum Gasteiger partial charge on any atom is 0.333 e. The normalized spacial score (nSPS) is 29.7. The zero-order valence-corrected chi connectivity index (χ0v) is 5.66. The number of hydrogen-bond donors (Lipinski definition) is 2. The molecule has 1 unspecified atom stereocenters. The van der Waals surface area contributed by atoms with Gasteiger partial charge in [0, 0.05) is 0 Å². The molecule has 0 amide bonds. The van der Waals surface area contributed by atoms with E-state index in [-0.39, 0.29) is 0 Å². The summed E-state index contributed by atoms with van der Waals surface area (Å²) in [6.07, 6.45) is 6.69. The van der Waals surface area contributed by atoms with E-state index >= 15 is 0 Å². The third-order valence-corrected chi connectivity index (χ3v) is 1.46. The Bertz CT molecular complexity index is 208. The molecule has 10 heavy (non-hydrogen) atoms. The molecule has 1 rings (SSSR count). The largest absolute Gasteiger partial charge is 0.479 e. The van der Waals surface area contributed by atoms with Crippen molar-refractivity contribution >= 4 is 5.97 Å². The number of carboxylic acid groups (broad SMARTS) is 1. The summed E-state index contributed by atoms with van der Waals surface area (Å²) in [5.74, 6) is -0.868. The van der Waals surface area contributed by atoms with Gasteiger partial charge in [0.05, 0.1) is 0 Å². The molecule has 0 spiro atoms. The highest BCUT2D eigenvalue weighted by Crippen LogP contribution is 2.09. The lowest BCUT2D eigenvalue weighted by molar-refractivity contribution is -0.141. The van der Waals surface area contributed by atoms with Crippen molar-refractivity contribution in [3.63, 3.8) is 0 Å². The first-order valence-corrected chi connectivity index (χ1v) is 3.01. The zero-order chi connectivity index (χ0) is 7.61. The van der Waals surface area contributed by atoms with Crippen LogP contribution in [-0.4, -0.2) is 16.6 Å². The van der Waals surface area contributed by atoms with Gasteiger partial charge in [0.15, 0.2) is 5.54 Å². The Morgan fingerprint density at radius 1 is 1.60 bits per heavy atom. The first-order valence-electron chi connectivity index (χ1n) is 3.01. The van der Waals surface area contributed by atoms with E-state index in [0.717, 1.165) is 0 Å². The zero-order valence-electron chi connectivity index (χ0n) is 5.66. The number of aliphatic carboxylic acids is 1. The van der Waals surface area contributed by atoms with Crippen molar-refractivity contribution in [2.45, 2.75) is 12.5 Å². The second-order valence-corrected chi connectivity index (χ2v) is 2.37. The van der Waals surface area contributed by atoms with E-state index < -0.39 is 11.5 Å². The minimum atomic E-state index is -0.922. The Labute approximate surface area is 59.0 Å². The Balaban J connectivity index is 2.80. The van der Waals surface area contributed by atoms with Gasteiger partial charge in [-0.15, -0.1) is 0 Å². The van der Waals surface area contributed by atoms with Crippen LogP contribution in [0.2, 0.25) is 0 Å². The summed E-state index contributed by atoms with van der Waals surface area (Å²) in [4.78, 5) is 10.5. The van der Waals surface area contributed by atoms with Crippen molar-refractivity contribution in [2.24, 2.45) is 0 Å². The number of allylic oxidation sites excluding steroid dienone is 2. The molecule has 0 aromatic carbocycles. The quantitative estimate of drug-likeness (QED) is 0.556. The molecule has 3 nitrogen and oxygen atoms in total. The summed E-state index contributed by atoms with van der Waals surface area (Å²) in [6.45, 7) is 1.61. The van der Waals surface area contributed by atoms with Crippen LogP contribution in [0.5, 0.6) is 0 Å². The van der Waals surface area contributed by atoms with Gasteiger partial charge in [0.25, 0.3) is 0 Å². The van der Waals surface area contributed by atoms with E-state index in [9.17, 15) is 4.79 Å². The van der Waals surface area contributed by atoms with Gasteiger partial charge >= 0.3 is 5.97 Å². The molecule has 0 bridgehead atoms. The average molecular weight is 139 g/mol. The number of hydrogen-bond acceptors (Lipinski definition) is 2. The Morgan fingerprint density at radius 2 is 2.30 bits per heavy atom. The summed E-state index contributed by atoms with van der Waals surface area (Å²) >= 11 is 0. The first-order chi connectivity index (χ1) is 4.65. The molecule has 1 heterocycles. The molecule has 1 atom stereocenters. The number of carbonyl (C=O) groups is 1. The Hall–Kier alpha value is -1.25. The van der Waals surface area contributed by atoms with Crippen LogP contribution in [0.25, 0.3) is 0 Å². The van der Waals surface area contributed by atoms with Gasteiger partial charge in [-0.2, -0.15) is 0 Å². The number of dihydropyridines is 1. The molecule has 0 aromatic rings. The van der Waals surface area contributed by atoms with Crippen molar-refractivity contribution < 1.29 is 9.90 Å². The van der Waals surface area contributed by atoms with Crippen LogP contribution in [0, 0.1) is 0 Å². The molecule has 1 aliphatic rings. The van der Waals surface area contributed by atoms with E-state index in [1.165, 1.54) is 0 Å². The average Bonchev–Trinajstić information content (AvgIpc) is 1.89. The monoisotopic (exact) mass is 139 g/mol. The van der Waals surface area contributed by atoms with Crippen molar-refractivity contribution in [2.75, 3.05) is 0 Å². The predicted molar refractivity (Wildman–Crippen MR) is 37.5 cm³/mol. The van der Waals surface area contributed by atoms with Crippen LogP contribution in [0.3, 0.4) is 0 Å². The van der Waals surface area contributed by atoms with Crippen LogP contribution in [0.15, 0.2) is 24.4 Å². The molecule has 54 valence electrons. The van der Waals surface area contributed by atoms with Gasteiger partial charge in [0.2, 0.25) is 0 Å². The highest BCUT2D eigenvalue weighted by molar-refractivity contribution is 5.81. The smallest absolute Gasteiger partial charge is 0.333 e. The maximum absolute atomic E-state index is 10.5. The SMILES string of the molecule is CC1(C(=O)O)C=CC=CN1. The molecule has 3 heteroatoms. The molecule has 0 aromatic heterocycles. The van der Waals surface area contributed by atoms with Crippen LogP contribution >= 0.6 is 0 Å². The van der Waals surface area contributed by atoms with Crippen LogP contribution in [-0.2, 0) is 4.79 Å². The van der Waals surface area contributed by atoms with Crippen molar-refractivity contribution in [1.29, 1.82) is 0 Å². The molecule has 0 radical (unpaired) electrons. The van der Waals surface area contributed by atoms with E-state index in [1.54, 1.807) is 31.4 Å². The maximum atomic E-state index is 10.5. The van der Waals surface area contributed by atoms with Gasteiger partial charge in [0.1, 0.15) is 0 Å². The van der Waals surface area contributed by atoms with E-state index in [1.807, 2.05) is 0 Å². The minimum Gasteiger partial charge on any atom is -0.479 e.